The summed E-state index contributed by atoms with van der Waals surface area (Å²) in [7, 11) is 0. The molecule has 1 aromatic carbocycles. The Morgan fingerprint density at radius 1 is 1.22 bits per heavy atom. The summed E-state index contributed by atoms with van der Waals surface area (Å²) in [4.78, 5) is 13.1. The maximum atomic E-state index is 12.1. The van der Waals surface area contributed by atoms with Crippen molar-refractivity contribution < 1.29 is 14.3 Å². The standard InChI is InChI=1S/C17H20N2O3S/c18-12-17(6-1-2-7-17)19-16(20)11-23-13-4-5-14-15(10-13)22-9-3-8-21-14/h4-5,10H,1-3,6-9,11H2,(H,19,20). The van der Waals surface area contributed by atoms with Crippen molar-refractivity contribution in [3.05, 3.63) is 18.2 Å². The average Bonchev–Trinajstić information content (AvgIpc) is 2.90. The number of hydrogen-bond acceptors (Lipinski definition) is 5. The highest BCUT2D eigenvalue weighted by atomic mass is 32.2. The number of nitrogens with zero attached hydrogens (tertiary/aromatic N) is 1. The van der Waals surface area contributed by atoms with Gasteiger partial charge < -0.3 is 14.8 Å². The van der Waals surface area contributed by atoms with Gasteiger partial charge in [0.25, 0.3) is 0 Å². The molecule has 1 N–H and O–H groups in total. The summed E-state index contributed by atoms with van der Waals surface area (Å²) in [5, 5.41) is 12.2. The Morgan fingerprint density at radius 3 is 2.70 bits per heavy atom. The van der Waals surface area contributed by atoms with Gasteiger partial charge in [0.05, 0.1) is 25.0 Å². The van der Waals surface area contributed by atoms with Crippen molar-refractivity contribution in [2.24, 2.45) is 0 Å². The van der Waals surface area contributed by atoms with E-state index in [0.717, 1.165) is 48.5 Å². The lowest BCUT2D eigenvalue weighted by atomic mass is 10.0. The fourth-order valence-electron chi connectivity index (χ4n) is 2.93. The molecule has 2 aliphatic rings. The lowest BCUT2D eigenvalue weighted by Gasteiger charge is -2.21. The largest absolute Gasteiger partial charge is 0.490 e. The lowest BCUT2D eigenvalue weighted by molar-refractivity contribution is -0.119. The van der Waals surface area contributed by atoms with E-state index in [9.17, 15) is 10.1 Å². The van der Waals surface area contributed by atoms with Gasteiger partial charge in [-0.1, -0.05) is 0 Å². The molecule has 0 atom stereocenters. The number of benzene rings is 1. The zero-order chi connectivity index (χ0) is 16.1. The van der Waals surface area contributed by atoms with E-state index >= 15 is 0 Å². The Balaban J connectivity index is 1.57. The number of amides is 1. The maximum absolute atomic E-state index is 12.1. The molecule has 1 aliphatic carbocycles. The van der Waals surface area contributed by atoms with E-state index in [2.05, 4.69) is 11.4 Å². The number of nitrogens with one attached hydrogen (secondary N) is 1. The van der Waals surface area contributed by atoms with Crippen molar-refractivity contribution in [2.45, 2.75) is 42.5 Å². The first-order valence-electron chi connectivity index (χ1n) is 7.95. The Kier molecular flexibility index (Phi) is 4.97. The quantitative estimate of drug-likeness (QED) is 0.859. The van der Waals surface area contributed by atoms with Crippen molar-refractivity contribution in [3.63, 3.8) is 0 Å². The normalized spacial score (nSPS) is 18.7. The van der Waals surface area contributed by atoms with Crippen LogP contribution < -0.4 is 14.8 Å². The smallest absolute Gasteiger partial charge is 0.231 e. The Bertz CT molecular complexity index is 621. The summed E-state index contributed by atoms with van der Waals surface area (Å²) in [6.45, 7) is 1.31. The highest BCUT2D eigenvalue weighted by Gasteiger charge is 2.35. The molecule has 0 spiro atoms. The molecule has 3 rings (SSSR count). The summed E-state index contributed by atoms with van der Waals surface area (Å²) in [5.74, 6) is 1.69. The molecule has 6 heteroatoms. The number of thioether (sulfide) groups is 1. The van der Waals surface area contributed by atoms with Crippen LogP contribution in [0.1, 0.15) is 32.1 Å². The summed E-state index contributed by atoms with van der Waals surface area (Å²) in [5.41, 5.74) is -0.650. The van der Waals surface area contributed by atoms with Crippen molar-refractivity contribution in [3.8, 4) is 17.6 Å². The van der Waals surface area contributed by atoms with Crippen LogP contribution in [-0.4, -0.2) is 30.4 Å². The van der Waals surface area contributed by atoms with Gasteiger partial charge in [0, 0.05) is 11.3 Å². The monoisotopic (exact) mass is 332 g/mol. The average molecular weight is 332 g/mol. The minimum atomic E-state index is -0.650. The Labute approximate surface area is 140 Å². The molecule has 1 heterocycles. The molecule has 0 aromatic heterocycles. The third-order valence-corrected chi connectivity index (χ3v) is 5.13. The third kappa shape index (κ3) is 3.91. The molecule has 0 saturated heterocycles. The summed E-state index contributed by atoms with van der Waals surface area (Å²) >= 11 is 1.44. The first kappa shape index (κ1) is 16.0. The predicted octanol–water partition coefficient (Wildman–Crippen LogP) is 2.89. The van der Waals surface area contributed by atoms with E-state index in [1.165, 1.54) is 11.8 Å². The van der Waals surface area contributed by atoms with E-state index in [1.807, 2.05) is 18.2 Å². The maximum Gasteiger partial charge on any atom is 0.231 e. The molecule has 5 nitrogen and oxygen atoms in total. The first-order valence-corrected chi connectivity index (χ1v) is 8.94. The Hall–Kier alpha value is -1.87. The fourth-order valence-corrected chi connectivity index (χ4v) is 3.65. The van der Waals surface area contributed by atoms with Gasteiger partial charge in [-0.05, 0) is 43.9 Å². The van der Waals surface area contributed by atoms with Crippen LogP contribution in [0.5, 0.6) is 11.5 Å². The van der Waals surface area contributed by atoms with Gasteiger partial charge in [-0.3, -0.25) is 4.79 Å². The van der Waals surface area contributed by atoms with Crippen LogP contribution >= 0.6 is 11.8 Å². The zero-order valence-corrected chi connectivity index (χ0v) is 13.8. The van der Waals surface area contributed by atoms with E-state index in [4.69, 9.17) is 9.47 Å². The second kappa shape index (κ2) is 7.14. The van der Waals surface area contributed by atoms with Crippen LogP contribution in [0, 0.1) is 11.3 Å². The van der Waals surface area contributed by atoms with E-state index in [1.54, 1.807) is 0 Å². The van der Waals surface area contributed by atoms with Gasteiger partial charge >= 0.3 is 0 Å². The topological polar surface area (TPSA) is 71.4 Å². The van der Waals surface area contributed by atoms with E-state index in [-0.39, 0.29) is 5.91 Å². The van der Waals surface area contributed by atoms with Gasteiger partial charge in [-0.2, -0.15) is 5.26 Å². The highest BCUT2D eigenvalue weighted by molar-refractivity contribution is 8.00. The molecule has 0 radical (unpaired) electrons. The zero-order valence-electron chi connectivity index (χ0n) is 13.0. The molecule has 122 valence electrons. The third-order valence-electron chi connectivity index (χ3n) is 4.14. The van der Waals surface area contributed by atoms with E-state index in [0.29, 0.717) is 19.0 Å². The minimum absolute atomic E-state index is 0.0921. The SMILES string of the molecule is N#CC1(NC(=O)CSc2ccc3c(c2)OCCCO3)CCCC1. The number of carbonyl (C=O) groups is 1. The number of fused-ring (bicyclic) bond motifs is 1. The van der Waals surface area contributed by atoms with Crippen molar-refractivity contribution in [2.75, 3.05) is 19.0 Å². The van der Waals surface area contributed by atoms with Crippen LogP contribution in [0.3, 0.4) is 0 Å². The number of ether oxygens (including phenoxy) is 2. The predicted molar refractivity (Wildman–Crippen MR) is 87.7 cm³/mol. The van der Waals surface area contributed by atoms with Gasteiger partial charge in [0.15, 0.2) is 11.5 Å². The molecule has 1 amide bonds. The number of carbonyl (C=O) groups excluding carboxylic acids is 1. The summed E-state index contributed by atoms with van der Waals surface area (Å²) in [6.07, 6.45) is 4.38. The molecule has 0 bridgehead atoms. The van der Waals surface area contributed by atoms with Gasteiger partial charge in [-0.25, -0.2) is 0 Å². The number of rotatable bonds is 4. The molecule has 1 saturated carbocycles. The first-order chi connectivity index (χ1) is 11.2. The van der Waals surface area contributed by atoms with Gasteiger partial charge in [-0.15, -0.1) is 11.8 Å². The lowest BCUT2D eigenvalue weighted by Crippen LogP contribution is -2.45. The molecule has 1 aliphatic heterocycles. The van der Waals surface area contributed by atoms with Crippen LogP contribution in [-0.2, 0) is 4.79 Å². The van der Waals surface area contributed by atoms with Crippen molar-refractivity contribution in [1.82, 2.24) is 5.32 Å². The van der Waals surface area contributed by atoms with Crippen molar-refractivity contribution in [1.29, 1.82) is 5.26 Å². The number of nitriles is 1. The van der Waals surface area contributed by atoms with E-state index < -0.39 is 5.54 Å². The summed E-state index contributed by atoms with van der Waals surface area (Å²) in [6, 6.07) is 8.00. The van der Waals surface area contributed by atoms with Crippen LogP contribution in [0.2, 0.25) is 0 Å². The molecule has 23 heavy (non-hydrogen) atoms. The molecule has 0 unspecified atom stereocenters. The Morgan fingerprint density at radius 2 is 1.96 bits per heavy atom. The van der Waals surface area contributed by atoms with Crippen LogP contribution in [0.15, 0.2) is 23.1 Å². The molecule has 1 aromatic rings. The van der Waals surface area contributed by atoms with Crippen molar-refractivity contribution >= 4 is 17.7 Å². The second-order valence-corrected chi connectivity index (χ2v) is 6.95. The van der Waals surface area contributed by atoms with Gasteiger partial charge in [0.1, 0.15) is 5.54 Å². The van der Waals surface area contributed by atoms with Crippen LogP contribution in [0.25, 0.3) is 0 Å². The molecule has 1 fully saturated rings. The molecular formula is C17H20N2O3S. The number of hydrogen-bond donors (Lipinski definition) is 1. The second-order valence-electron chi connectivity index (χ2n) is 5.90. The summed E-state index contributed by atoms with van der Waals surface area (Å²) < 4.78 is 11.3. The van der Waals surface area contributed by atoms with Gasteiger partial charge in [0.2, 0.25) is 5.91 Å². The fraction of sp³-hybridized carbons (Fsp3) is 0.529. The highest BCUT2D eigenvalue weighted by Crippen LogP contribution is 2.34. The van der Waals surface area contributed by atoms with Crippen LogP contribution in [0.4, 0.5) is 0 Å². The minimum Gasteiger partial charge on any atom is -0.490 e. The molecular weight excluding hydrogens is 312 g/mol.